The molecule has 0 spiro atoms. The predicted molar refractivity (Wildman–Crippen MR) is 113 cm³/mol. The zero-order valence-corrected chi connectivity index (χ0v) is 17.8. The molecule has 1 amide bonds. The Kier molecular flexibility index (Phi) is 6.15. The van der Waals surface area contributed by atoms with E-state index in [9.17, 15) is 14.7 Å². The van der Waals surface area contributed by atoms with Gasteiger partial charge in [0, 0.05) is 44.3 Å². The van der Waals surface area contributed by atoms with Crippen LogP contribution in [0, 0.1) is 13.8 Å². The Morgan fingerprint density at radius 2 is 1.90 bits per heavy atom. The van der Waals surface area contributed by atoms with Crippen LogP contribution in [0.15, 0.2) is 30.1 Å². The molecule has 0 saturated carbocycles. The molecule has 9 heteroatoms. The van der Waals surface area contributed by atoms with E-state index in [1.165, 1.54) is 0 Å². The Morgan fingerprint density at radius 3 is 2.55 bits per heavy atom. The van der Waals surface area contributed by atoms with Gasteiger partial charge in [0.05, 0.1) is 36.1 Å². The highest BCUT2D eigenvalue weighted by Crippen LogP contribution is 2.40. The first-order valence-corrected chi connectivity index (χ1v) is 10.5. The first-order valence-electron chi connectivity index (χ1n) is 10.5. The van der Waals surface area contributed by atoms with Crippen LogP contribution in [0.4, 0.5) is 0 Å². The molecule has 2 N–H and O–H groups in total. The lowest BCUT2D eigenvalue weighted by molar-refractivity contribution is -0.140. The number of ketones is 1. The SMILES string of the molecule is Cc1n[nH]c(C)c1/C(O)=C1\C(=O)C(=O)N(CCCN2CCOCC2)C1c1ccncc1. The van der Waals surface area contributed by atoms with Gasteiger partial charge in [-0.1, -0.05) is 0 Å². The lowest BCUT2D eigenvalue weighted by atomic mass is 9.95. The first kappa shape index (κ1) is 21.2. The van der Waals surface area contributed by atoms with Gasteiger partial charge in [-0.2, -0.15) is 5.10 Å². The Labute approximate surface area is 180 Å². The van der Waals surface area contributed by atoms with Gasteiger partial charge in [0.25, 0.3) is 11.7 Å². The lowest BCUT2D eigenvalue weighted by Crippen LogP contribution is -2.38. The van der Waals surface area contributed by atoms with Crippen molar-refractivity contribution in [2.75, 3.05) is 39.4 Å². The van der Waals surface area contributed by atoms with Gasteiger partial charge >= 0.3 is 0 Å². The number of nitrogens with zero attached hydrogens (tertiary/aromatic N) is 4. The molecule has 1 unspecified atom stereocenters. The Bertz CT molecular complexity index is 975. The van der Waals surface area contributed by atoms with E-state index < -0.39 is 17.7 Å². The van der Waals surface area contributed by atoms with Crippen molar-refractivity contribution in [3.05, 3.63) is 52.6 Å². The third-order valence-electron chi connectivity index (χ3n) is 5.90. The van der Waals surface area contributed by atoms with Gasteiger partial charge in [-0.25, -0.2) is 0 Å². The number of H-pyrrole nitrogens is 1. The molecule has 2 aromatic rings. The fraction of sp³-hybridized carbons (Fsp3) is 0.455. The van der Waals surface area contributed by atoms with E-state index in [2.05, 4.69) is 20.1 Å². The van der Waals surface area contributed by atoms with Crippen molar-refractivity contribution in [1.82, 2.24) is 25.0 Å². The second-order valence-electron chi connectivity index (χ2n) is 7.89. The van der Waals surface area contributed by atoms with Gasteiger partial charge in [-0.05, 0) is 38.0 Å². The Morgan fingerprint density at radius 1 is 1.19 bits per heavy atom. The van der Waals surface area contributed by atoms with E-state index in [0.29, 0.717) is 36.7 Å². The number of hydrogen-bond acceptors (Lipinski definition) is 7. The van der Waals surface area contributed by atoms with Gasteiger partial charge in [0.15, 0.2) is 0 Å². The summed E-state index contributed by atoms with van der Waals surface area (Å²) in [6.45, 7) is 7.91. The summed E-state index contributed by atoms with van der Waals surface area (Å²) in [6.07, 6.45) is 3.97. The van der Waals surface area contributed by atoms with E-state index in [0.717, 1.165) is 31.6 Å². The number of pyridine rings is 1. The maximum absolute atomic E-state index is 13.0. The maximum Gasteiger partial charge on any atom is 0.295 e. The number of aromatic nitrogens is 3. The summed E-state index contributed by atoms with van der Waals surface area (Å²) in [5, 5.41) is 18.1. The van der Waals surface area contributed by atoms with Gasteiger partial charge in [-0.15, -0.1) is 0 Å². The normalized spacial score (nSPS) is 21.7. The van der Waals surface area contributed by atoms with E-state index in [1.807, 2.05) is 0 Å². The number of Topliss-reactive ketones (excluding diaryl/α,β-unsaturated/α-hetero) is 1. The molecule has 31 heavy (non-hydrogen) atoms. The molecule has 2 fully saturated rings. The number of carbonyl (C=O) groups excluding carboxylic acids is 2. The van der Waals surface area contributed by atoms with Crippen LogP contribution in [0.1, 0.15) is 35.0 Å². The number of morpholine rings is 1. The second kappa shape index (κ2) is 8.99. The highest BCUT2D eigenvalue weighted by atomic mass is 16.5. The average Bonchev–Trinajstić information content (AvgIpc) is 3.25. The van der Waals surface area contributed by atoms with Crippen LogP contribution in [0.5, 0.6) is 0 Å². The number of ether oxygens (including phenoxy) is 1. The molecule has 0 bridgehead atoms. The molecule has 0 aliphatic carbocycles. The van der Waals surface area contributed by atoms with Crippen LogP contribution in [0.25, 0.3) is 5.76 Å². The number of aryl methyl sites for hydroxylation is 2. The van der Waals surface area contributed by atoms with Crippen LogP contribution < -0.4 is 0 Å². The number of carbonyl (C=O) groups is 2. The minimum atomic E-state index is -0.675. The molecule has 2 aliphatic rings. The van der Waals surface area contributed by atoms with Crippen molar-refractivity contribution in [1.29, 1.82) is 0 Å². The minimum absolute atomic E-state index is 0.0928. The van der Waals surface area contributed by atoms with Crippen molar-refractivity contribution in [3.63, 3.8) is 0 Å². The summed E-state index contributed by atoms with van der Waals surface area (Å²) >= 11 is 0. The molecule has 4 rings (SSSR count). The molecule has 0 aromatic carbocycles. The van der Waals surface area contributed by atoms with Crippen molar-refractivity contribution in [2.45, 2.75) is 26.3 Å². The van der Waals surface area contributed by atoms with Crippen molar-refractivity contribution in [3.8, 4) is 0 Å². The van der Waals surface area contributed by atoms with Crippen LogP contribution in [0.3, 0.4) is 0 Å². The Hall–Kier alpha value is -3.04. The van der Waals surface area contributed by atoms with Gasteiger partial charge in [-0.3, -0.25) is 24.6 Å². The zero-order chi connectivity index (χ0) is 22.0. The highest BCUT2D eigenvalue weighted by molar-refractivity contribution is 6.46. The summed E-state index contributed by atoms with van der Waals surface area (Å²) in [4.78, 5) is 33.9. The third-order valence-corrected chi connectivity index (χ3v) is 5.90. The number of aliphatic hydroxyl groups is 1. The molecular formula is C22H27N5O4. The largest absolute Gasteiger partial charge is 0.507 e. The van der Waals surface area contributed by atoms with E-state index in [-0.39, 0.29) is 11.3 Å². The fourth-order valence-electron chi connectivity index (χ4n) is 4.33. The number of aromatic amines is 1. The van der Waals surface area contributed by atoms with E-state index in [1.54, 1.807) is 43.3 Å². The number of rotatable bonds is 6. The van der Waals surface area contributed by atoms with Gasteiger partial charge in [0.1, 0.15) is 5.76 Å². The zero-order valence-electron chi connectivity index (χ0n) is 17.8. The van der Waals surface area contributed by atoms with Gasteiger partial charge < -0.3 is 14.7 Å². The monoisotopic (exact) mass is 425 g/mol. The molecule has 0 radical (unpaired) electrons. The van der Waals surface area contributed by atoms with Crippen molar-refractivity contribution < 1.29 is 19.4 Å². The predicted octanol–water partition coefficient (Wildman–Crippen LogP) is 1.57. The summed E-state index contributed by atoms with van der Waals surface area (Å²) in [5.41, 5.74) is 2.51. The first-order chi connectivity index (χ1) is 15.0. The molecule has 1 atom stereocenters. The third kappa shape index (κ3) is 4.11. The minimum Gasteiger partial charge on any atom is -0.507 e. The van der Waals surface area contributed by atoms with Crippen LogP contribution in [-0.2, 0) is 14.3 Å². The lowest BCUT2D eigenvalue weighted by Gasteiger charge is -2.29. The van der Waals surface area contributed by atoms with Crippen molar-refractivity contribution >= 4 is 17.4 Å². The summed E-state index contributed by atoms with van der Waals surface area (Å²) < 4.78 is 5.38. The van der Waals surface area contributed by atoms with Crippen molar-refractivity contribution in [2.24, 2.45) is 0 Å². The molecule has 9 nitrogen and oxygen atoms in total. The molecule has 164 valence electrons. The fourth-order valence-corrected chi connectivity index (χ4v) is 4.33. The molecule has 2 aromatic heterocycles. The smallest absolute Gasteiger partial charge is 0.295 e. The molecular weight excluding hydrogens is 398 g/mol. The topological polar surface area (TPSA) is 112 Å². The summed E-state index contributed by atoms with van der Waals surface area (Å²) in [5.74, 6) is -1.46. The van der Waals surface area contributed by atoms with Crippen LogP contribution >= 0.6 is 0 Å². The van der Waals surface area contributed by atoms with Crippen LogP contribution in [-0.4, -0.2) is 81.2 Å². The molecule has 2 saturated heterocycles. The van der Waals surface area contributed by atoms with Crippen LogP contribution in [0.2, 0.25) is 0 Å². The standard InChI is InChI=1S/C22H27N5O4/c1-14-17(15(2)25-24-14)20(28)18-19(16-4-6-23-7-5-16)27(22(30)21(18)29)9-3-8-26-10-12-31-13-11-26/h4-7,19,28H,3,8-13H2,1-2H3,(H,24,25)/b20-18+. The summed E-state index contributed by atoms with van der Waals surface area (Å²) in [7, 11) is 0. The molecule has 4 heterocycles. The Balaban J connectivity index is 1.67. The number of nitrogens with one attached hydrogen (secondary N) is 1. The number of likely N-dealkylation sites (tertiary alicyclic amines) is 1. The van der Waals surface area contributed by atoms with E-state index in [4.69, 9.17) is 4.74 Å². The maximum atomic E-state index is 13.0. The quantitative estimate of drug-likeness (QED) is 0.410. The average molecular weight is 425 g/mol. The number of aliphatic hydroxyl groups excluding tert-OH is 1. The molecule has 2 aliphatic heterocycles. The van der Waals surface area contributed by atoms with E-state index >= 15 is 0 Å². The second-order valence-corrected chi connectivity index (χ2v) is 7.89. The number of hydrogen-bond donors (Lipinski definition) is 2. The number of amides is 1. The summed E-state index contributed by atoms with van der Waals surface area (Å²) in [6, 6.07) is 2.88. The van der Waals surface area contributed by atoms with Gasteiger partial charge in [0.2, 0.25) is 0 Å². The highest BCUT2D eigenvalue weighted by Gasteiger charge is 2.46.